The molecule has 0 bridgehead atoms. The summed E-state index contributed by atoms with van der Waals surface area (Å²) in [6, 6.07) is 10.5. The molecule has 4 heteroatoms. The number of fused-ring (bicyclic) bond motifs is 2. The fraction of sp³-hybridized carbons (Fsp3) is 0.188. The van der Waals surface area contributed by atoms with Crippen LogP contribution >= 0.6 is 0 Å². The Kier molecular flexibility index (Phi) is 2.42. The molecule has 0 aliphatic heterocycles. The van der Waals surface area contributed by atoms with E-state index in [2.05, 4.69) is 33.7 Å². The van der Waals surface area contributed by atoms with E-state index in [1.165, 1.54) is 30.4 Å². The number of aromatic nitrogens is 2. The fourth-order valence-electron chi connectivity index (χ4n) is 2.92. The predicted octanol–water partition coefficient (Wildman–Crippen LogP) is 3.38. The number of nitrogen functional groups attached to an aromatic ring is 1. The van der Waals surface area contributed by atoms with Crippen molar-refractivity contribution in [3.8, 4) is 0 Å². The monoisotopic (exact) mass is 264 g/mol. The van der Waals surface area contributed by atoms with Gasteiger partial charge in [-0.2, -0.15) is 5.10 Å². The van der Waals surface area contributed by atoms with Crippen molar-refractivity contribution < 1.29 is 0 Å². The Bertz CT molecular complexity index is 788. The van der Waals surface area contributed by atoms with Crippen LogP contribution in [0, 0.1) is 0 Å². The number of rotatable bonds is 2. The number of nitrogens with two attached hydrogens (primary N) is 1. The zero-order valence-corrected chi connectivity index (χ0v) is 11.1. The topological polar surface area (TPSA) is 66.7 Å². The summed E-state index contributed by atoms with van der Waals surface area (Å²) in [5.41, 5.74) is 12.8. The number of anilines is 3. The molecule has 1 heterocycles. The van der Waals surface area contributed by atoms with E-state index in [-0.39, 0.29) is 0 Å². The Morgan fingerprint density at radius 1 is 1.10 bits per heavy atom. The van der Waals surface area contributed by atoms with E-state index >= 15 is 0 Å². The van der Waals surface area contributed by atoms with Crippen molar-refractivity contribution in [1.82, 2.24) is 10.2 Å². The van der Waals surface area contributed by atoms with Crippen molar-refractivity contribution >= 4 is 28.0 Å². The van der Waals surface area contributed by atoms with Crippen LogP contribution in [0.5, 0.6) is 0 Å². The van der Waals surface area contributed by atoms with Crippen LogP contribution in [0.4, 0.5) is 17.1 Å². The van der Waals surface area contributed by atoms with Crippen LogP contribution < -0.4 is 11.1 Å². The van der Waals surface area contributed by atoms with E-state index in [1.54, 1.807) is 6.20 Å². The minimum Gasteiger partial charge on any atom is -0.397 e. The average Bonchev–Trinajstić information content (AvgIpc) is 3.06. The van der Waals surface area contributed by atoms with Crippen molar-refractivity contribution in [2.75, 3.05) is 11.1 Å². The third kappa shape index (κ3) is 1.81. The zero-order valence-electron chi connectivity index (χ0n) is 11.1. The largest absolute Gasteiger partial charge is 0.397 e. The van der Waals surface area contributed by atoms with Gasteiger partial charge in [-0.25, -0.2) is 0 Å². The summed E-state index contributed by atoms with van der Waals surface area (Å²) in [7, 11) is 0. The number of hydrogen-bond donors (Lipinski definition) is 3. The van der Waals surface area contributed by atoms with E-state index < -0.39 is 0 Å². The Morgan fingerprint density at radius 2 is 2.00 bits per heavy atom. The lowest BCUT2D eigenvalue weighted by atomic mass is 10.1. The highest BCUT2D eigenvalue weighted by Gasteiger charge is 2.11. The van der Waals surface area contributed by atoms with Crippen LogP contribution in [0.3, 0.4) is 0 Å². The van der Waals surface area contributed by atoms with Crippen LogP contribution in [0.25, 0.3) is 10.9 Å². The van der Waals surface area contributed by atoms with E-state index in [9.17, 15) is 0 Å². The Hall–Kier alpha value is -2.49. The predicted molar refractivity (Wildman–Crippen MR) is 82.3 cm³/mol. The van der Waals surface area contributed by atoms with Gasteiger partial charge in [0, 0.05) is 11.1 Å². The maximum absolute atomic E-state index is 6.10. The minimum absolute atomic E-state index is 0.736. The molecule has 4 N–H and O–H groups in total. The molecule has 3 aromatic rings. The molecule has 100 valence electrons. The third-order valence-corrected chi connectivity index (χ3v) is 3.99. The molecule has 0 fully saturated rings. The van der Waals surface area contributed by atoms with Gasteiger partial charge in [0.2, 0.25) is 0 Å². The molecular formula is C16H16N4. The van der Waals surface area contributed by atoms with Gasteiger partial charge in [-0.15, -0.1) is 0 Å². The number of benzene rings is 2. The molecule has 20 heavy (non-hydrogen) atoms. The van der Waals surface area contributed by atoms with Crippen LogP contribution in [-0.4, -0.2) is 10.2 Å². The molecule has 4 nitrogen and oxygen atoms in total. The lowest BCUT2D eigenvalue weighted by Crippen LogP contribution is -1.97. The number of aromatic amines is 1. The van der Waals surface area contributed by atoms with Gasteiger partial charge in [-0.05, 0) is 54.7 Å². The Labute approximate surface area is 117 Å². The smallest absolute Gasteiger partial charge is 0.0672 e. The molecule has 0 unspecified atom stereocenters. The van der Waals surface area contributed by atoms with Gasteiger partial charge in [-0.1, -0.05) is 6.07 Å². The van der Waals surface area contributed by atoms with Crippen molar-refractivity contribution in [3.05, 3.63) is 47.7 Å². The lowest BCUT2D eigenvalue weighted by Gasteiger charge is -2.11. The highest BCUT2D eigenvalue weighted by Crippen LogP contribution is 2.30. The summed E-state index contributed by atoms with van der Waals surface area (Å²) in [4.78, 5) is 0. The van der Waals surface area contributed by atoms with E-state index in [0.717, 1.165) is 28.0 Å². The van der Waals surface area contributed by atoms with Gasteiger partial charge < -0.3 is 11.1 Å². The molecule has 1 aliphatic rings. The van der Waals surface area contributed by atoms with Crippen LogP contribution in [-0.2, 0) is 12.8 Å². The SMILES string of the molecule is Nc1cc2cn[nH]c2cc1Nc1ccc2c(c1)CCC2. The van der Waals surface area contributed by atoms with Crippen LogP contribution in [0.15, 0.2) is 36.5 Å². The summed E-state index contributed by atoms with van der Waals surface area (Å²) in [5.74, 6) is 0. The standard InChI is InChI=1S/C16H16N4/c17-14-7-12-9-18-20-15(12)8-16(14)19-13-5-4-10-2-1-3-11(10)6-13/h4-9,19H,1-3,17H2,(H,18,20). The number of nitrogens with one attached hydrogen (secondary N) is 2. The molecule has 0 amide bonds. The first-order valence-corrected chi connectivity index (χ1v) is 6.91. The van der Waals surface area contributed by atoms with E-state index in [4.69, 9.17) is 5.73 Å². The van der Waals surface area contributed by atoms with Crippen molar-refractivity contribution in [3.63, 3.8) is 0 Å². The Balaban J connectivity index is 1.71. The molecule has 0 saturated heterocycles. The third-order valence-electron chi connectivity index (χ3n) is 3.99. The van der Waals surface area contributed by atoms with Crippen molar-refractivity contribution in [2.24, 2.45) is 0 Å². The lowest BCUT2D eigenvalue weighted by molar-refractivity contribution is 0.912. The van der Waals surface area contributed by atoms with Crippen molar-refractivity contribution in [2.45, 2.75) is 19.3 Å². The quantitative estimate of drug-likeness (QED) is 0.622. The second-order valence-electron chi connectivity index (χ2n) is 5.36. The highest BCUT2D eigenvalue weighted by atomic mass is 15.1. The summed E-state index contributed by atoms with van der Waals surface area (Å²) >= 11 is 0. The molecule has 0 radical (unpaired) electrons. The molecule has 0 spiro atoms. The number of aryl methyl sites for hydroxylation is 2. The first-order chi connectivity index (χ1) is 9.79. The number of H-pyrrole nitrogens is 1. The molecule has 0 saturated carbocycles. The molecular weight excluding hydrogens is 248 g/mol. The molecule has 1 aliphatic carbocycles. The number of nitrogens with zero attached hydrogens (tertiary/aromatic N) is 1. The summed E-state index contributed by atoms with van der Waals surface area (Å²) < 4.78 is 0. The second-order valence-corrected chi connectivity index (χ2v) is 5.36. The van der Waals surface area contributed by atoms with Gasteiger partial charge in [-0.3, -0.25) is 5.10 Å². The van der Waals surface area contributed by atoms with Gasteiger partial charge in [0.1, 0.15) is 0 Å². The molecule has 0 atom stereocenters. The summed E-state index contributed by atoms with van der Waals surface area (Å²) in [6.45, 7) is 0. The van der Waals surface area contributed by atoms with Gasteiger partial charge >= 0.3 is 0 Å². The minimum atomic E-state index is 0.736. The van der Waals surface area contributed by atoms with E-state index in [1.807, 2.05) is 12.1 Å². The fourth-order valence-corrected chi connectivity index (χ4v) is 2.92. The average molecular weight is 264 g/mol. The number of hydrogen-bond acceptors (Lipinski definition) is 3. The van der Waals surface area contributed by atoms with Gasteiger partial charge in [0.15, 0.2) is 0 Å². The summed E-state index contributed by atoms with van der Waals surface area (Å²) in [6.07, 6.45) is 5.43. The van der Waals surface area contributed by atoms with Crippen LogP contribution in [0.2, 0.25) is 0 Å². The van der Waals surface area contributed by atoms with E-state index in [0.29, 0.717) is 0 Å². The zero-order chi connectivity index (χ0) is 13.5. The molecule has 2 aromatic carbocycles. The molecule has 4 rings (SSSR count). The second kappa shape index (κ2) is 4.27. The maximum atomic E-state index is 6.10. The highest BCUT2D eigenvalue weighted by molar-refractivity contribution is 5.89. The summed E-state index contributed by atoms with van der Waals surface area (Å²) in [5, 5.41) is 11.4. The maximum Gasteiger partial charge on any atom is 0.0672 e. The molecule has 1 aromatic heterocycles. The van der Waals surface area contributed by atoms with Gasteiger partial charge in [0.25, 0.3) is 0 Å². The first-order valence-electron chi connectivity index (χ1n) is 6.91. The van der Waals surface area contributed by atoms with Crippen LogP contribution in [0.1, 0.15) is 17.5 Å². The Morgan fingerprint density at radius 3 is 2.95 bits per heavy atom. The first kappa shape index (κ1) is 11.3. The van der Waals surface area contributed by atoms with Crippen molar-refractivity contribution in [1.29, 1.82) is 0 Å². The van der Waals surface area contributed by atoms with Gasteiger partial charge in [0.05, 0.1) is 23.1 Å². The normalized spacial score (nSPS) is 13.6.